The summed E-state index contributed by atoms with van der Waals surface area (Å²) in [5.41, 5.74) is 1.71. The average molecular weight is 255 g/mol. The zero-order valence-corrected chi connectivity index (χ0v) is 10.3. The maximum absolute atomic E-state index is 5.50. The highest BCUT2D eigenvalue weighted by atomic mass is 16.5. The van der Waals surface area contributed by atoms with Crippen LogP contribution in [-0.2, 0) is 0 Å². The standard InChI is InChI=1S/C14H13N3O2/c1-2-6-12-9(4-1)10(8-18-12)13-16-14(19-17-13)11-5-3-7-15-11/h1-2,4,6,8,11,15H,3,5,7H2/t11-/m1/s1. The topological polar surface area (TPSA) is 64.1 Å². The summed E-state index contributed by atoms with van der Waals surface area (Å²) in [6.07, 6.45) is 3.88. The Morgan fingerprint density at radius 1 is 1.26 bits per heavy atom. The van der Waals surface area contributed by atoms with Crippen molar-refractivity contribution < 1.29 is 8.94 Å². The van der Waals surface area contributed by atoms with Crippen LogP contribution in [0.5, 0.6) is 0 Å². The monoisotopic (exact) mass is 255 g/mol. The Kier molecular flexibility index (Phi) is 2.38. The van der Waals surface area contributed by atoms with Crippen LogP contribution >= 0.6 is 0 Å². The number of benzene rings is 1. The minimum Gasteiger partial charge on any atom is -0.464 e. The number of rotatable bonds is 2. The van der Waals surface area contributed by atoms with Gasteiger partial charge in [0.2, 0.25) is 11.7 Å². The molecule has 1 N–H and O–H groups in total. The largest absolute Gasteiger partial charge is 0.464 e. The molecule has 1 atom stereocenters. The van der Waals surface area contributed by atoms with Crippen LogP contribution < -0.4 is 5.32 Å². The summed E-state index contributed by atoms with van der Waals surface area (Å²) in [5, 5.41) is 8.42. The molecule has 2 aromatic heterocycles. The lowest BCUT2D eigenvalue weighted by molar-refractivity contribution is 0.345. The molecule has 0 aliphatic carbocycles. The second kappa shape index (κ2) is 4.20. The van der Waals surface area contributed by atoms with Crippen LogP contribution in [-0.4, -0.2) is 16.7 Å². The Hall–Kier alpha value is -2.14. The highest BCUT2D eigenvalue weighted by Gasteiger charge is 2.23. The molecule has 1 aliphatic rings. The maximum atomic E-state index is 5.50. The Bertz CT molecular complexity index is 710. The molecule has 19 heavy (non-hydrogen) atoms. The molecule has 0 amide bonds. The second-order valence-electron chi connectivity index (χ2n) is 4.75. The third kappa shape index (κ3) is 1.74. The highest BCUT2D eigenvalue weighted by molar-refractivity contribution is 5.91. The molecule has 4 rings (SSSR count). The summed E-state index contributed by atoms with van der Waals surface area (Å²) >= 11 is 0. The minimum atomic E-state index is 0.194. The fraction of sp³-hybridized carbons (Fsp3) is 0.286. The number of hydrogen-bond acceptors (Lipinski definition) is 5. The molecule has 0 radical (unpaired) electrons. The summed E-state index contributed by atoms with van der Waals surface area (Å²) < 4.78 is 10.9. The maximum Gasteiger partial charge on any atom is 0.244 e. The fourth-order valence-corrected chi connectivity index (χ4v) is 2.53. The third-order valence-corrected chi connectivity index (χ3v) is 3.52. The number of fused-ring (bicyclic) bond motifs is 1. The van der Waals surface area contributed by atoms with E-state index < -0.39 is 0 Å². The quantitative estimate of drug-likeness (QED) is 0.762. The van der Waals surface area contributed by atoms with Gasteiger partial charge in [-0.05, 0) is 25.5 Å². The molecular formula is C14H13N3O2. The SMILES string of the molecule is c1ccc2c(-c3noc([C@H]4CCCN4)n3)coc2c1. The van der Waals surface area contributed by atoms with Crippen molar-refractivity contribution in [1.29, 1.82) is 0 Å². The van der Waals surface area contributed by atoms with Crippen molar-refractivity contribution in [1.82, 2.24) is 15.5 Å². The number of para-hydroxylation sites is 1. The van der Waals surface area contributed by atoms with Gasteiger partial charge in [0, 0.05) is 5.39 Å². The van der Waals surface area contributed by atoms with Crippen LogP contribution in [0.3, 0.4) is 0 Å². The van der Waals surface area contributed by atoms with E-state index in [1.54, 1.807) is 6.26 Å². The van der Waals surface area contributed by atoms with Crippen LogP contribution in [0.2, 0.25) is 0 Å². The van der Waals surface area contributed by atoms with Gasteiger partial charge < -0.3 is 14.3 Å². The number of nitrogens with one attached hydrogen (secondary N) is 1. The number of furan rings is 1. The molecule has 1 fully saturated rings. The zero-order chi connectivity index (χ0) is 12.7. The molecule has 1 aromatic carbocycles. The molecule has 3 heterocycles. The molecule has 5 nitrogen and oxygen atoms in total. The van der Waals surface area contributed by atoms with E-state index in [1.807, 2.05) is 24.3 Å². The Morgan fingerprint density at radius 2 is 2.21 bits per heavy atom. The number of aromatic nitrogens is 2. The summed E-state index contributed by atoms with van der Waals surface area (Å²) in [6, 6.07) is 8.04. The van der Waals surface area contributed by atoms with Gasteiger partial charge in [-0.2, -0.15) is 4.98 Å². The van der Waals surface area contributed by atoms with E-state index in [1.165, 1.54) is 0 Å². The van der Waals surface area contributed by atoms with Crippen LogP contribution in [0.25, 0.3) is 22.4 Å². The van der Waals surface area contributed by atoms with Gasteiger partial charge in [-0.3, -0.25) is 0 Å². The van der Waals surface area contributed by atoms with E-state index in [0.717, 1.165) is 35.9 Å². The molecule has 1 saturated heterocycles. The Balaban J connectivity index is 1.76. The molecule has 1 aliphatic heterocycles. The van der Waals surface area contributed by atoms with Crippen LogP contribution in [0, 0.1) is 0 Å². The van der Waals surface area contributed by atoms with Gasteiger partial charge >= 0.3 is 0 Å². The van der Waals surface area contributed by atoms with E-state index >= 15 is 0 Å². The van der Waals surface area contributed by atoms with E-state index in [0.29, 0.717) is 11.7 Å². The smallest absolute Gasteiger partial charge is 0.244 e. The number of hydrogen-bond donors (Lipinski definition) is 1. The van der Waals surface area contributed by atoms with Gasteiger partial charge in [0.1, 0.15) is 11.8 Å². The molecule has 0 bridgehead atoms. The Morgan fingerprint density at radius 3 is 3.11 bits per heavy atom. The first-order chi connectivity index (χ1) is 9.42. The lowest BCUT2D eigenvalue weighted by atomic mass is 10.1. The van der Waals surface area contributed by atoms with Crippen molar-refractivity contribution in [2.75, 3.05) is 6.54 Å². The summed E-state index contributed by atoms with van der Waals surface area (Å²) in [4.78, 5) is 4.48. The van der Waals surface area contributed by atoms with Gasteiger partial charge in [-0.15, -0.1) is 0 Å². The molecule has 5 heteroatoms. The Labute approximate surface area is 109 Å². The van der Waals surface area contributed by atoms with Crippen molar-refractivity contribution in [3.05, 3.63) is 36.4 Å². The predicted octanol–water partition coefficient (Wildman–Crippen LogP) is 2.91. The molecule has 3 aromatic rings. The van der Waals surface area contributed by atoms with Crippen molar-refractivity contribution >= 4 is 11.0 Å². The summed E-state index contributed by atoms with van der Waals surface area (Å²) in [5.74, 6) is 1.26. The molecule has 0 saturated carbocycles. The first-order valence-electron chi connectivity index (χ1n) is 6.45. The van der Waals surface area contributed by atoms with Crippen LogP contribution in [0.15, 0.2) is 39.5 Å². The van der Waals surface area contributed by atoms with Gasteiger partial charge in [0.25, 0.3) is 0 Å². The minimum absolute atomic E-state index is 0.194. The highest BCUT2D eigenvalue weighted by Crippen LogP contribution is 2.30. The van der Waals surface area contributed by atoms with Gasteiger partial charge in [-0.1, -0.05) is 23.4 Å². The van der Waals surface area contributed by atoms with Gasteiger partial charge in [0.05, 0.1) is 11.6 Å². The zero-order valence-electron chi connectivity index (χ0n) is 10.3. The van der Waals surface area contributed by atoms with E-state index in [9.17, 15) is 0 Å². The first-order valence-corrected chi connectivity index (χ1v) is 6.45. The average Bonchev–Trinajstić information content (AvgIpc) is 3.18. The lowest BCUT2D eigenvalue weighted by Gasteiger charge is -2.01. The van der Waals surface area contributed by atoms with Crippen molar-refractivity contribution in [2.45, 2.75) is 18.9 Å². The normalized spacial score (nSPS) is 19.3. The molecule has 0 spiro atoms. The van der Waals surface area contributed by atoms with Gasteiger partial charge in [-0.25, -0.2) is 0 Å². The summed E-state index contributed by atoms with van der Waals surface area (Å²) in [6.45, 7) is 1.01. The van der Waals surface area contributed by atoms with Crippen molar-refractivity contribution in [3.8, 4) is 11.4 Å². The van der Waals surface area contributed by atoms with E-state index in [2.05, 4.69) is 15.5 Å². The van der Waals surface area contributed by atoms with Crippen LogP contribution in [0.4, 0.5) is 0 Å². The second-order valence-corrected chi connectivity index (χ2v) is 4.75. The lowest BCUT2D eigenvalue weighted by Crippen LogP contribution is -2.12. The molecule has 96 valence electrons. The molecule has 0 unspecified atom stereocenters. The molecular weight excluding hydrogens is 242 g/mol. The first kappa shape index (κ1) is 10.8. The van der Waals surface area contributed by atoms with E-state index in [4.69, 9.17) is 8.94 Å². The van der Waals surface area contributed by atoms with Crippen molar-refractivity contribution in [3.63, 3.8) is 0 Å². The third-order valence-electron chi connectivity index (χ3n) is 3.52. The van der Waals surface area contributed by atoms with Crippen LogP contribution in [0.1, 0.15) is 24.8 Å². The fourth-order valence-electron chi connectivity index (χ4n) is 2.53. The van der Waals surface area contributed by atoms with Crippen molar-refractivity contribution in [2.24, 2.45) is 0 Å². The summed E-state index contributed by atoms with van der Waals surface area (Å²) in [7, 11) is 0. The predicted molar refractivity (Wildman–Crippen MR) is 69.5 cm³/mol. The van der Waals surface area contributed by atoms with Gasteiger partial charge in [0.15, 0.2) is 0 Å². The van der Waals surface area contributed by atoms with E-state index in [-0.39, 0.29) is 6.04 Å². The number of nitrogens with zero attached hydrogens (tertiary/aromatic N) is 2.